The zero-order chi connectivity index (χ0) is 15.6. The predicted molar refractivity (Wildman–Crippen MR) is 88.3 cm³/mol. The summed E-state index contributed by atoms with van der Waals surface area (Å²) in [6, 6.07) is 2.85. The predicted octanol–water partition coefficient (Wildman–Crippen LogP) is 2.58. The van der Waals surface area contributed by atoms with Crippen molar-refractivity contribution < 1.29 is 0 Å². The minimum absolute atomic E-state index is 0.238. The third kappa shape index (κ3) is 3.49. The van der Waals surface area contributed by atoms with E-state index in [0.717, 1.165) is 26.1 Å². The van der Waals surface area contributed by atoms with Crippen molar-refractivity contribution in [3.05, 3.63) is 17.5 Å². The maximum absolute atomic E-state index is 4.60. The first kappa shape index (κ1) is 16.5. The van der Waals surface area contributed by atoms with E-state index in [-0.39, 0.29) is 5.54 Å². The Morgan fingerprint density at radius 1 is 1.43 bits per heavy atom. The van der Waals surface area contributed by atoms with Gasteiger partial charge in [-0.25, -0.2) is 0 Å². The van der Waals surface area contributed by atoms with Crippen molar-refractivity contribution in [2.75, 3.05) is 13.1 Å². The summed E-state index contributed by atoms with van der Waals surface area (Å²) < 4.78 is 2.06. The van der Waals surface area contributed by atoms with E-state index in [4.69, 9.17) is 0 Å². The molecule has 2 unspecified atom stereocenters. The summed E-state index contributed by atoms with van der Waals surface area (Å²) >= 11 is 0. The van der Waals surface area contributed by atoms with Crippen molar-refractivity contribution in [1.82, 2.24) is 20.0 Å². The van der Waals surface area contributed by atoms with Gasteiger partial charge in [-0.1, -0.05) is 27.7 Å². The van der Waals surface area contributed by atoms with Crippen molar-refractivity contribution in [3.8, 4) is 0 Å². The summed E-state index contributed by atoms with van der Waals surface area (Å²) in [5.74, 6) is 0.673. The van der Waals surface area contributed by atoms with Gasteiger partial charge in [-0.3, -0.25) is 9.58 Å². The van der Waals surface area contributed by atoms with Gasteiger partial charge in [0, 0.05) is 38.3 Å². The molecule has 0 aliphatic carbocycles. The number of rotatable bonds is 5. The second-order valence-electron chi connectivity index (χ2n) is 7.07. The maximum Gasteiger partial charge on any atom is 0.0625 e. The van der Waals surface area contributed by atoms with Crippen molar-refractivity contribution in [1.29, 1.82) is 0 Å². The highest BCUT2D eigenvalue weighted by Crippen LogP contribution is 2.27. The minimum atomic E-state index is 0.238. The van der Waals surface area contributed by atoms with Gasteiger partial charge in [0.05, 0.1) is 11.4 Å². The number of piperazine rings is 1. The van der Waals surface area contributed by atoms with E-state index in [9.17, 15) is 0 Å². The normalized spacial score (nSPS) is 27.5. The standard InChI is InChI=1S/C17H32N4/c1-7-14-9-15(20(6)19-14)10-21-11-16(13(3)4)18-12-17(21,5)8-2/h9,13,16,18H,7-8,10-12H2,1-6H3. The van der Waals surface area contributed by atoms with Crippen LogP contribution in [0.5, 0.6) is 0 Å². The number of nitrogens with zero attached hydrogens (tertiary/aromatic N) is 3. The number of hydrogen-bond acceptors (Lipinski definition) is 3. The van der Waals surface area contributed by atoms with E-state index < -0.39 is 0 Å². The van der Waals surface area contributed by atoms with E-state index in [2.05, 4.69) is 67.7 Å². The fraction of sp³-hybridized carbons (Fsp3) is 0.824. The first-order valence-corrected chi connectivity index (χ1v) is 8.39. The molecular formula is C17H32N4. The second kappa shape index (κ2) is 6.49. The van der Waals surface area contributed by atoms with Crippen LogP contribution in [0.4, 0.5) is 0 Å². The van der Waals surface area contributed by atoms with Crippen LogP contribution in [-0.4, -0.2) is 39.4 Å². The van der Waals surface area contributed by atoms with E-state index in [0.29, 0.717) is 12.0 Å². The Hall–Kier alpha value is -0.870. The molecule has 2 heterocycles. The first-order chi connectivity index (χ1) is 9.89. The Bertz CT molecular complexity index is 465. The SMILES string of the molecule is CCc1cc(CN2CC(C(C)C)NCC2(C)CC)n(C)n1. The van der Waals surface area contributed by atoms with Gasteiger partial charge in [-0.05, 0) is 31.7 Å². The molecule has 1 saturated heterocycles. The lowest BCUT2D eigenvalue weighted by Crippen LogP contribution is -2.63. The summed E-state index contributed by atoms with van der Waals surface area (Å²) in [6.07, 6.45) is 2.18. The van der Waals surface area contributed by atoms with Gasteiger partial charge >= 0.3 is 0 Å². The van der Waals surface area contributed by atoms with Crippen LogP contribution in [-0.2, 0) is 20.0 Å². The third-order valence-electron chi connectivity index (χ3n) is 5.23. The Kier molecular flexibility index (Phi) is 5.10. The number of aryl methyl sites for hydroxylation is 2. The van der Waals surface area contributed by atoms with Crippen LogP contribution in [0.2, 0.25) is 0 Å². The van der Waals surface area contributed by atoms with Crippen LogP contribution in [0.25, 0.3) is 0 Å². The molecule has 1 aliphatic rings. The van der Waals surface area contributed by atoms with Crippen molar-refractivity contribution in [3.63, 3.8) is 0 Å². The summed E-state index contributed by atoms with van der Waals surface area (Å²) in [4.78, 5) is 2.66. The van der Waals surface area contributed by atoms with Gasteiger partial charge < -0.3 is 5.32 Å². The van der Waals surface area contributed by atoms with Gasteiger partial charge in [-0.2, -0.15) is 5.10 Å². The van der Waals surface area contributed by atoms with E-state index in [1.807, 2.05) is 0 Å². The molecule has 2 rings (SSSR count). The van der Waals surface area contributed by atoms with Crippen molar-refractivity contribution in [2.45, 2.75) is 65.6 Å². The quantitative estimate of drug-likeness (QED) is 0.905. The molecular weight excluding hydrogens is 260 g/mol. The number of aromatic nitrogens is 2. The molecule has 0 spiro atoms. The molecule has 4 heteroatoms. The van der Waals surface area contributed by atoms with Crippen LogP contribution >= 0.6 is 0 Å². The third-order valence-corrected chi connectivity index (χ3v) is 5.23. The van der Waals surface area contributed by atoms with Crippen molar-refractivity contribution >= 4 is 0 Å². The lowest BCUT2D eigenvalue weighted by Gasteiger charge is -2.49. The molecule has 1 aromatic rings. The Morgan fingerprint density at radius 3 is 2.67 bits per heavy atom. The van der Waals surface area contributed by atoms with Crippen molar-refractivity contribution in [2.24, 2.45) is 13.0 Å². The molecule has 120 valence electrons. The molecule has 4 nitrogen and oxygen atoms in total. The molecule has 21 heavy (non-hydrogen) atoms. The smallest absolute Gasteiger partial charge is 0.0625 e. The van der Waals surface area contributed by atoms with Gasteiger partial charge in [-0.15, -0.1) is 0 Å². The number of hydrogen-bond donors (Lipinski definition) is 1. The first-order valence-electron chi connectivity index (χ1n) is 8.39. The highest BCUT2D eigenvalue weighted by atomic mass is 15.3. The van der Waals surface area contributed by atoms with Gasteiger partial charge in [0.25, 0.3) is 0 Å². The Labute approximate surface area is 129 Å². The highest BCUT2D eigenvalue weighted by molar-refractivity contribution is 5.11. The Morgan fingerprint density at radius 2 is 2.14 bits per heavy atom. The molecule has 1 aliphatic heterocycles. The molecule has 0 saturated carbocycles. The summed E-state index contributed by atoms with van der Waals surface area (Å²) in [7, 11) is 2.07. The zero-order valence-electron chi connectivity index (χ0n) is 14.6. The fourth-order valence-corrected chi connectivity index (χ4v) is 3.12. The van der Waals surface area contributed by atoms with E-state index in [1.54, 1.807) is 0 Å². The lowest BCUT2D eigenvalue weighted by molar-refractivity contribution is 0.0298. The van der Waals surface area contributed by atoms with E-state index in [1.165, 1.54) is 17.8 Å². The molecule has 1 fully saturated rings. The monoisotopic (exact) mass is 292 g/mol. The Balaban J connectivity index is 2.17. The lowest BCUT2D eigenvalue weighted by atomic mass is 9.89. The van der Waals surface area contributed by atoms with Crippen LogP contribution < -0.4 is 5.32 Å². The average Bonchev–Trinajstić information content (AvgIpc) is 2.81. The average molecular weight is 292 g/mol. The fourth-order valence-electron chi connectivity index (χ4n) is 3.12. The van der Waals surface area contributed by atoms with Crippen LogP contribution in [0.1, 0.15) is 52.4 Å². The summed E-state index contributed by atoms with van der Waals surface area (Å²) in [6.45, 7) is 14.7. The zero-order valence-corrected chi connectivity index (χ0v) is 14.6. The largest absolute Gasteiger partial charge is 0.311 e. The molecule has 1 aromatic heterocycles. The van der Waals surface area contributed by atoms with E-state index >= 15 is 0 Å². The molecule has 0 bridgehead atoms. The van der Waals surface area contributed by atoms with Crippen LogP contribution in [0.3, 0.4) is 0 Å². The second-order valence-corrected chi connectivity index (χ2v) is 7.07. The molecule has 2 atom stereocenters. The molecule has 1 N–H and O–H groups in total. The minimum Gasteiger partial charge on any atom is -0.311 e. The van der Waals surface area contributed by atoms with Gasteiger partial charge in [0.1, 0.15) is 0 Å². The van der Waals surface area contributed by atoms with Gasteiger partial charge in [0.15, 0.2) is 0 Å². The van der Waals surface area contributed by atoms with Crippen LogP contribution in [0.15, 0.2) is 6.07 Å². The molecule has 0 radical (unpaired) electrons. The highest BCUT2D eigenvalue weighted by Gasteiger charge is 2.37. The molecule has 0 aromatic carbocycles. The molecule has 0 amide bonds. The summed E-state index contributed by atoms with van der Waals surface area (Å²) in [5, 5.41) is 8.34. The number of nitrogens with one attached hydrogen (secondary N) is 1. The van der Waals surface area contributed by atoms with Crippen LogP contribution in [0, 0.1) is 5.92 Å². The van der Waals surface area contributed by atoms with Gasteiger partial charge in [0.2, 0.25) is 0 Å². The topological polar surface area (TPSA) is 33.1 Å². The maximum atomic E-state index is 4.60. The summed E-state index contributed by atoms with van der Waals surface area (Å²) in [5.41, 5.74) is 2.76.